The Hall–Kier alpha value is -1.77. The third kappa shape index (κ3) is 5.35. The van der Waals surface area contributed by atoms with Crippen LogP contribution in [0.15, 0.2) is 6.20 Å². The molecule has 0 aliphatic rings. The number of aromatic nitrogens is 3. The summed E-state index contributed by atoms with van der Waals surface area (Å²) >= 11 is 6.28. The summed E-state index contributed by atoms with van der Waals surface area (Å²) in [6, 6.07) is 0. The van der Waals surface area contributed by atoms with E-state index in [2.05, 4.69) is 24.7 Å². The largest absolute Gasteiger partial charge is 0.432 e. The zero-order chi connectivity index (χ0) is 19.0. The smallest absolute Gasteiger partial charge is 0.343 e. The number of ether oxygens (including phenoxy) is 1. The van der Waals surface area contributed by atoms with E-state index in [0.717, 1.165) is 13.0 Å². The van der Waals surface area contributed by atoms with Crippen LogP contribution in [0.4, 0.5) is 4.53 Å². The second-order valence-electron chi connectivity index (χ2n) is 5.31. The minimum atomic E-state index is -0.804. The van der Waals surface area contributed by atoms with E-state index in [-0.39, 0.29) is 10.6 Å². The number of rotatable bonds is 7. The molecule has 0 amide bonds. The van der Waals surface area contributed by atoms with Gasteiger partial charge in [-0.15, -0.1) is 0 Å². The first-order valence-electron chi connectivity index (χ1n) is 8.02. The Bertz CT molecular complexity index is 706. The average molecular weight is 375 g/mol. The minimum Gasteiger partial charge on any atom is -0.432 e. The highest BCUT2D eigenvalue weighted by atomic mass is 35.5. The molecule has 0 unspecified atom stereocenters. The number of hydrogen-bond donors (Lipinski definition) is 0. The fourth-order valence-corrected chi connectivity index (χ4v) is 2.61. The number of hydrogen-bond acceptors (Lipinski definition) is 6. The summed E-state index contributed by atoms with van der Waals surface area (Å²) in [5.41, 5.74) is 1.32. The van der Waals surface area contributed by atoms with Crippen LogP contribution in [0.3, 0.4) is 0 Å². The molecule has 0 saturated carbocycles. The highest BCUT2D eigenvalue weighted by Gasteiger charge is 2.20. The number of carbonyl (C=O) groups is 1. The number of fused-ring (bicyclic) bond motifs is 1. The fraction of sp³-hybridized carbons (Fsp3) is 0.562. The third-order valence-corrected chi connectivity index (χ3v) is 3.69. The molecule has 0 aromatic carbocycles. The molecule has 0 aliphatic heterocycles. The Kier molecular flexibility index (Phi) is 8.74. The Morgan fingerprint density at radius 3 is 2.68 bits per heavy atom. The topological polar surface area (TPSA) is 69.5 Å². The van der Waals surface area contributed by atoms with Gasteiger partial charge in [0.05, 0.1) is 21.7 Å². The number of aryl methyl sites for hydroxylation is 2. The Labute approximate surface area is 151 Å². The van der Waals surface area contributed by atoms with Gasteiger partial charge in [-0.2, -0.15) is 10.0 Å². The molecule has 0 saturated heterocycles. The summed E-state index contributed by atoms with van der Waals surface area (Å²) in [6.45, 7) is 6.60. The SMILES string of the molecule is CC.Cc1nn(CCCN(C)C)c2ncc(C(=O)OCOF)c(Cl)c12. The highest BCUT2D eigenvalue weighted by molar-refractivity contribution is 6.38. The third-order valence-electron chi connectivity index (χ3n) is 3.30. The van der Waals surface area contributed by atoms with Crippen molar-refractivity contribution in [3.05, 3.63) is 22.5 Å². The molecule has 0 spiro atoms. The fourth-order valence-electron chi connectivity index (χ4n) is 2.26. The van der Waals surface area contributed by atoms with Crippen molar-refractivity contribution in [3.8, 4) is 0 Å². The van der Waals surface area contributed by atoms with Crippen molar-refractivity contribution in [2.75, 3.05) is 27.4 Å². The summed E-state index contributed by atoms with van der Waals surface area (Å²) in [4.78, 5) is 21.4. The van der Waals surface area contributed by atoms with Crippen molar-refractivity contribution in [1.29, 1.82) is 0 Å². The first kappa shape index (κ1) is 21.3. The minimum absolute atomic E-state index is 0.0483. The van der Waals surface area contributed by atoms with Gasteiger partial charge in [0.2, 0.25) is 6.79 Å². The van der Waals surface area contributed by atoms with Gasteiger partial charge in [0, 0.05) is 12.7 Å². The van der Waals surface area contributed by atoms with Crippen molar-refractivity contribution in [2.24, 2.45) is 0 Å². The highest BCUT2D eigenvalue weighted by Crippen LogP contribution is 2.29. The maximum atomic E-state index is 11.8. The molecule has 2 heterocycles. The lowest BCUT2D eigenvalue weighted by atomic mass is 10.2. The molecule has 0 fully saturated rings. The monoisotopic (exact) mass is 374 g/mol. The molecule has 25 heavy (non-hydrogen) atoms. The molecular weight excluding hydrogens is 351 g/mol. The molecule has 0 bridgehead atoms. The molecule has 7 nitrogen and oxygen atoms in total. The quantitative estimate of drug-likeness (QED) is 0.546. The number of halogens is 2. The first-order chi connectivity index (χ1) is 12.0. The molecule has 0 aliphatic carbocycles. The van der Waals surface area contributed by atoms with Gasteiger partial charge in [0.25, 0.3) is 0 Å². The van der Waals surface area contributed by atoms with Gasteiger partial charge in [-0.05, 0) is 38.5 Å². The molecule has 0 N–H and O–H groups in total. The van der Waals surface area contributed by atoms with Crippen LogP contribution in [-0.4, -0.2) is 53.1 Å². The predicted octanol–water partition coefficient (Wildman–Crippen LogP) is 3.39. The second-order valence-corrected chi connectivity index (χ2v) is 5.69. The first-order valence-corrected chi connectivity index (χ1v) is 8.40. The van der Waals surface area contributed by atoms with Gasteiger partial charge >= 0.3 is 5.97 Å². The second kappa shape index (κ2) is 10.3. The zero-order valence-electron chi connectivity index (χ0n) is 15.2. The number of nitrogens with zero attached hydrogens (tertiary/aromatic N) is 4. The van der Waals surface area contributed by atoms with Gasteiger partial charge in [0.15, 0.2) is 5.65 Å². The molecule has 2 rings (SSSR count). The van der Waals surface area contributed by atoms with E-state index < -0.39 is 12.8 Å². The van der Waals surface area contributed by atoms with E-state index in [1.165, 1.54) is 6.20 Å². The van der Waals surface area contributed by atoms with Crippen LogP contribution in [0.2, 0.25) is 5.02 Å². The summed E-state index contributed by atoms with van der Waals surface area (Å²) in [6.07, 6.45) is 2.20. The standard InChI is InChI=1S/C14H18ClFN4O3.C2H6/c1-9-11-12(15)10(14(21)22-8-23-16)7-17-13(11)20(18-9)6-4-5-19(2)3;1-2/h7H,4-6,8H2,1-3H3;1-2H3. The number of pyridine rings is 1. The van der Waals surface area contributed by atoms with Crippen LogP contribution in [0.5, 0.6) is 0 Å². The van der Waals surface area contributed by atoms with Gasteiger partial charge in [-0.25, -0.2) is 14.5 Å². The van der Waals surface area contributed by atoms with E-state index >= 15 is 0 Å². The summed E-state index contributed by atoms with van der Waals surface area (Å²) in [5, 5.41) is 5.20. The predicted molar refractivity (Wildman–Crippen MR) is 94.3 cm³/mol. The summed E-state index contributed by atoms with van der Waals surface area (Å²) in [5.74, 6) is -0.804. The van der Waals surface area contributed by atoms with Crippen LogP contribution < -0.4 is 0 Å². The Morgan fingerprint density at radius 2 is 2.08 bits per heavy atom. The van der Waals surface area contributed by atoms with Gasteiger partial charge in [-0.3, -0.25) is 0 Å². The van der Waals surface area contributed by atoms with Crippen molar-refractivity contribution < 1.29 is 19.0 Å². The molecule has 140 valence electrons. The molecule has 0 atom stereocenters. The van der Waals surface area contributed by atoms with Crippen LogP contribution in [0.1, 0.15) is 36.3 Å². The normalized spacial score (nSPS) is 10.7. The molecule has 2 aromatic rings. The van der Waals surface area contributed by atoms with Crippen LogP contribution in [-0.2, 0) is 16.2 Å². The number of carbonyl (C=O) groups excluding carboxylic acids is 1. The molecule has 9 heteroatoms. The Morgan fingerprint density at radius 1 is 1.40 bits per heavy atom. The Balaban J connectivity index is 0.00000151. The lowest BCUT2D eigenvalue weighted by molar-refractivity contribution is -0.194. The van der Waals surface area contributed by atoms with E-state index in [1.807, 2.05) is 27.9 Å². The van der Waals surface area contributed by atoms with E-state index in [0.29, 0.717) is 23.3 Å². The van der Waals surface area contributed by atoms with E-state index in [1.54, 1.807) is 11.6 Å². The van der Waals surface area contributed by atoms with Gasteiger partial charge < -0.3 is 9.64 Å². The lowest BCUT2D eigenvalue weighted by Crippen LogP contribution is -2.15. The van der Waals surface area contributed by atoms with Gasteiger partial charge in [0.1, 0.15) is 0 Å². The maximum absolute atomic E-state index is 11.8. The van der Waals surface area contributed by atoms with Crippen molar-refractivity contribution in [3.63, 3.8) is 0 Å². The molecular formula is C16H24ClFN4O3. The van der Waals surface area contributed by atoms with Crippen molar-refractivity contribution in [2.45, 2.75) is 33.7 Å². The van der Waals surface area contributed by atoms with Crippen LogP contribution >= 0.6 is 11.6 Å². The summed E-state index contributed by atoms with van der Waals surface area (Å²) in [7, 11) is 4.00. The number of esters is 1. The van der Waals surface area contributed by atoms with Crippen LogP contribution in [0, 0.1) is 6.92 Å². The molecule has 0 radical (unpaired) electrons. The summed E-state index contributed by atoms with van der Waals surface area (Å²) < 4.78 is 17.9. The van der Waals surface area contributed by atoms with Crippen molar-refractivity contribution in [1.82, 2.24) is 19.7 Å². The van der Waals surface area contributed by atoms with Crippen molar-refractivity contribution >= 4 is 28.6 Å². The van der Waals surface area contributed by atoms with E-state index in [4.69, 9.17) is 11.6 Å². The molecule has 2 aromatic heterocycles. The maximum Gasteiger partial charge on any atom is 0.343 e. The van der Waals surface area contributed by atoms with Crippen LogP contribution in [0.25, 0.3) is 11.0 Å². The van der Waals surface area contributed by atoms with Gasteiger partial charge in [-0.1, -0.05) is 25.4 Å². The lowest BCUT2D eigenvalue weighted by Gasteiger charge is -2.09. The average Bonchev–Trinajstić information content (AvgIpc) is 2.91. The zero-order valence-corrected chi connectivity index (χ0v) is 15.9. The van der Waals surface area contributed by atoms with E-state index in [9.17, 15) is 9.32 Å².